The van der Waals surface area contributed by atoms with Crippen LogP contribution in [0.15, 0.2) is 30.3 Å². The first-order valence-electron chi connectivity index (χ1n) is 23.4. The van der Waals surface area contributed by atoms with Crippen LogP contribution in [0.1, 0.15) is 77.2 Å². The molecule has 0 unspecified atom stereocenters. The third-order valence-electron chi connectivity index (χ3n) is 11.0. The zero-order valence-electron chi connectivity index (χ0n) is 41.1. The minimum atomic E-state index is -2.18. The maximum atomic E-state index is 13.9. The molecule has 31 nitrogen and oxygen atoms in total. The van der Waals surface area contributed by atoms with Gasteiger partial charge < -0.3 is 83.8 Å². The number of rotatable bonds is 33. The lowest BCUT2D eigenvalue weighted by Gasteiger charge is -2.30. The van der Waals surface area contributed by atoms with Crippen LogP contribution in [0.4, 0.5) is 0 Å². The van der Waals surface area contributed by atoms with E-state index in [1.165, 1.54) is 0 Å². The maximum Gasteiger partial charge on any atom is 0.322 e. The maximum absolute atomic E-state index is 13.9. The summed E-state index contributed by atoms with van der Waals surface area (Å²) in [6, 6.07) is -5.78. The van der Waals surface area contributed by atoms with Crippen molar-refractivity contribution in [3.8, 4) is 0 Å². The zero-order chi connectivity index (χ0) is 57.4. The van der Waals surface area contributed by atoms with Crippen molar-refractivity contribution < 1.29 is 103 Å². The van der Waals surface area contributed by atoms with Gasteiger partial charge in [-0.2, -0.15) is 0 Å². The Labute approximate surface area is 431 Å². The van der Waals surface area contributed by atoms with Gasteiger partial charge in [0.2, 0.25) is 53.2 Å². The van der Waals surface area contributed by atoms with Crippen molar-refractivity contribution in [1.82, 2.24) is 47.4 Å². The van der Waals surface area contributed by atoms with E-state index < -0.39 is 189 Å². The molecule has 31 heteroatoms. The van der Waals surface area contributed by atoms with E-state index in [-0.39, 0.29) is 38.1 Å². The summed E-state index contributed by atoms with van der Waals surface area (Å²) < 4.78 is 0. The molecule has 1 heterocycles. The number of hydrogen-bond donors (Lipinski definition) is 15. The highest BCUT2D eigenvalue weighted by Gasteiger charge is 2.41. The van der Waals surface area contributed by atoms with Gasteiger partial charge in [-0.15, -0.1) is 0 Å². The van der Waals surface area contributed by atoms with Gasteiger partial charge in [-0.1, -0.05) is 44.2 Å². The van der Waals surface area contributed by atoms with Crippen LogP contribution in [-0.4, -0.2) is 192 Å². The third kappa shape index (κ3) is 23.0. The van der Waals surface area contributed by atoms with Gasteiger partial charge >= 0.3 is 35.8 Å². The standard InChI is InChI=1S/C45H62N10O21/c1-21(2)13-24(39(70)48-20-37(67)68)51-41(72)25(14-22-7-4-3-5-8-22)49-31(56)19-47-40(71)26(15-33(59)60)53-44(75)30-9-6-12-55(30)45(76)29(18-36(65)66)54-43(74)28(17-35(63)64)52-42(73)27(16-34(61)62)50-38(69)23(46)10-11-32(57)58/h3-5,7-8,21,23-30H,6,9-20,46H2,1-2H3,(H,47,71)(H,48,70)(H,49,56)(H,50,69)(H,51,72)(H,52,73)(H,53,75)(H,54,74)(H,57,58)(H,59,60)(H,61,62)(H,63,64)(H,65,66)(H,67,68)/t23-,24-,25-,26-,27-,28-,29-,30-/m0/s1. The molecule has 1 aromatic carbocycles. The molecule has 0 aliphatic carbocycles. The SMILES string of the molecule is CC(C)C[C@H](NC(=O)[C@H](Cc1ccccc1)NC(=O)CNC(=O)[C@H](CC(=O)O)NC(=O)[C@@H]1CCCN1C(=O)[C@H](CC(=O)O)NC(=O)[C@H](CC(=O)O)NC(=O)[C@H](CC(=O)O)NC(=O)[C@@H](N)CCC(=O)O)C(=O)NCC(=O)O. The van der Waals surface area contributed by atoms with Crippen LogP contribution < -0.4 is 48.3 Å². The highest BCUT2D eigenvalue weighted by Crippen LogP contribution is 2.20. The van der Waals surface area contributed by atoms with Crippen molar-refractivity contribution in [2.45, 2.75) is 126 Å². The summed E-state index contributed by atoms with van der Waals surface area (Å²) in [5, 5.41) is 73.4. The van der Waals surface area contributed by atoms with E-state index in [4.69, 9.17) is 15.9 Å². The van der Waals surface area contributed by atoms with Crippen LogP contribution in [0.5, 0.6) is 0 Å². The fourth-order valence-corrected chi connectivity index (χ4v) is 7.39. The number of nitrogens with zero attached hydrogens (tertiary/aromatic N) is 1. The van der Waals surface area contributed by atoms with Gasteiger partial charge in [-0.05, 0) is 37.2 Å². The molecular formula is C45H62N10O21. The molecular weight excluding hydrogens is 1020 g/mol. The van der Waals surface area contributed by atoms with E-state index in [0.29, 0.717) is 5.56 Å². The second kappa shape index (κ2) is 31.1. The molecule has 0 aromatic heterocycles. The number of likely N-dealkylation sites (tertiary alicyclic amines) is 1. The predicted octanol–water partition coefficient (Wildman–Crippen LogP) is -5.42. The largest absolute Gasteiger partial charge is 0.481 e. The van der Waals surface area contributed by atoms with E-state index in [9.17, 15) is 92.3 Å². The average Bonchev–Trinajstić information content (AvgIpc) is 3.82. The Kier molecular flexibility index (Phi) is 25.9. The van der Waals surface area contributed by atoms with E-state index >= 15 is 0 Å². The molecule has 0 spiro atoms. The van der Waals surface area contributed by atoms with Crippen molar-refractivity contribution in [3.63, 3.8) is 0 Å². The summed E-state index contributed by atoms with van der Waals surface area (Å²) in [5.41, 5.74) is 6.17. The molecule has 1 aliphatic rings. The topological polar surface area (TPSA) is 503 Å². The van der Waals surface area contributed by atoms with Crippen LogP contribution in [0.3, 0.4) is 0 Å². The van der Waals surface area contributed by atoms with Crippen LogP contribution in [0.2, 0.25) is 0 Å². The van der Waals surface area contributed by atoms with Crippen molar-refractivity contribution >= 4 is 89.0 Å². The van der Waals surface area contributed by atoms with Gasteiger partial charge in [0.25, 0.3) is 0 Å². The number of hydrogen-bond acceptors (Lipinski definition) is 16. The monoisotopic (exact) mass is 1080 g/mol. The Morgan fingerprint density at radius 1 is 0.539 bits per heavy atom. The number of aliphatic carboxylic acids is 6. The number of amides is 9. The summed E-state index contributed by atoms with van der Waals surface area (Å²) >= 11 is 0. The molecule has 0 bridgehead atoms. The molecule has 0 radical (unpaired) electrons. The smallest absolute Gasteiger partial charge is 0.322 e. The van der Waals surface area contributed by atoms with E-state index in [2.05, 4.69) is 26.6 Å². The van der Waals surface area contributed by atoms with Crippen molar-refractivity contribution in [1.29, 1.82) is 0 Å². The first kappa shape index (κ1) is 63.3. The average molecular weight is 1080 g/mol. The Morgan fingerprint density at radius 2 is 1.00 bits per heavy atom. The quantitative estimate of drug-likeness (QED) is 0.0312. The molecule has 9 amide bonds. The number of carbonyl (C=O) groups is 15. The number of nitrogens with two attached hydrogens (primary N) is 1. The lowest BCUT2D eigenvalue weighted by atomic mass is 10.0. The number of carboxylic acid groups (broad SMARTS) is 6. The van der Waals surface area contributed by atoms with Crippen molar-refractivity contribution in [3.05, 3.63) is 35.9 Å². The molecule has 1 fully saturated rings. The van der Waals surface area contributed by atoms with Crippen molar-refractivity contribution in [2.24, 2.45) is 11.7 Å². The zero-order valence-corrected chi connectivity index (χ0v) is 41.1. The highest BCUT2D eigenvalue weighted by atomic mass is 16.4. The van der Waals surface area contributed by atoms with Gasteiger partial charge in [0.05, 0.1) is 38.3 Å². The van der Waals surface area contributed by atoms with E-state index in [0.717, 1.165) is 4.90 Å². The molecule has 8 atom stereocenters. The van der Waals surface area contributed by atoms with Gasteiger partial charge in [-0.3, -0.25) is 71.9 Å². The summed E-state index contributed by atoms with van der Waals surface area (Å²) in [7, 11) is 0. The second-order valence-corrected chi connectivity index (χ2v) is 17.7. The van der Waals surface area contributed by atoms with Gasteiger partial charge in [0.15, 0.2) is 0 Å². The highest BCUT2D eigenvalue weighted by molar-refractivity contribution is 6.00. The Morgan fingerprint density at radius 3 is 1.51 bits per heavy atom. The van der Waals surface area contributed by atoms with Crippen LogP contribution in [0, 0.1) is 5.92 Å². The minimum absolute atomic E-state index is 0.0465. The fraction of sp³-hybridized carbons (Fsp3) is 0.533. The van der Waals surface area contributed by atoms with E-state index in [1.54, 1.807) is 44.2 Å². The molecule has 1 saturated heterocycles. The van der Waals surface area contributed by atoms with Crippen LogP contribution >= 0.6 is 0 Å². The number of benzene rings is 1. The number of carbonyl (C=O) groups excluding carboxylic acids is 9. The molecule has 418 valence electrons. The molecule has 0 saturated carbocycles. The molecule has 2 rings (SSSR count). The second-order valence-electron chi connectivity index (χ2n) is 17.7. The summed E-state index contributed by atoms with van der Waals surface area (Å²) in [6.45, 7) is 1.53. The fourth-order valence-electron chi connectivity index (χ4n) is 7.39. The third-order valence-corrected chi connectivity index (χ3v) is 11.0. The van der Waals surface area contributed by atoms with Gasteiger partial charge in [0, 0.05) is 19.4 Å². The van der Waals surface area contributed by atoms with E-state index in [1.807, 2.05) is 16.0 Å². The molecule has 16 N–H and O–H groups in total. The Bertz CT molecular complexity index is 2350. The molecule has 1 aromatic rings. The molecule has 1 aliphatic heterocycles. The predicted molar refractivity (Wildman–Crippen MR) is 253 cm³/mol. The Hall–Kier alpha value is -8.77. The number of nitrogens with one attached hydrogen (secondary N) is 8. The lowest BCUT2D eigenvalue weighted by molar-refractivity contribution is -0.147. The first-order valence-corrected chi connectivity index (χ1v) is 23.4. The first-order chi connectivity index (χ1) is 35.6. The summed E-state index contributed by atoms with van der Waals surface area (Å²) in [6.07, 6.45) is -5.97. The summed E-state index contributed by atoms with van der Waals surface area (Å²) in [5.74, 6) is -20.2. The van der Waals surface area contributed by atoms with Crippen molar-refractivity contribution in [2.75, 3.05) is 19.6 Å². The molecule has 76 heavy (non-hydrogen) atoms. The van der Waals surface area contributed by atoms with Gasteiger partial charge in [-0.25, -0.2) is 0 Å². The Balaban J connectivity index is 2.28. The van der Waals surface area contributed by atoms with Gasteiger partial charge in [0.1, 0.15) is 48.8 Å². The number of carboxylic acids is 6. The lowest BCUT2D eigenvalue weighted by Crippen LogP contribution is -2.60. The normalized spacial score (nSPS) is 15.6. The summed E-state index contributed by atoms with van der Waals surface area (Å²) in [4.78, 5) is 190. The van der Waals surface area contributed by atoms with Crippen LogP contribution in [0.25, 0.3) is 0 Å². The van der Waals surface area contributed by atoms with Crippen LogP contribution in [-0.2, 0) is 78.3 Å². The minimum Gasteiger partial charge on any atom is -0.481 e.